The molecule has 0 saturated heterocycles. The Morgan fingerprint density at radius 3 is 2.80 bits per heavy atom. The highest BCUT2D eigenvalue weighted by Crippen LogP contribution is 2.40. The van der Waals surface area contributed by atoms with Crippen molar-refractivity contribution in [2.45, 2.75) is 18.9 Å². The van der Waals surface area contributed by atoms with Gasteiger partial charge in [0, 0.05) is 30.9 Å². The van der Waals surface area contributed by atoms with Gasteiger partial charge in [-0.25, -0.2) is 0 Å². The van der Waals surface area contributed by atoms with E-state index in [0.29, 0.717) is 11.3 Å². The van der Waals surface area contributed by atoms with Crippen LogP contribution in [0.2, 0.25) is 0 Å². The number of amides is 1. The molecule has 20 heavy (non-hydrogen) atoms. The minimum Gasteiger partial charge on any atom is -0.375 e. The smallest absolute Gasteiger partial charge is 0.263 e. The lowest BCUT2D eigenvalue weighted by Gasteiger charge is -2.21. The molecule has 1 aliphatic heterocycles. The third-order valence-corrected chi connectivity index (χ3v) is 3.78. The number of hydrogen-bond donors (Lipinski definition) is 1. The van der Waals surface area contributed by atoms with E-state index in [2.05, 4.69) is 4.98 Å². The van der Waals surface area contributed by atoms with Crippen LogP contribution in [-0.4, -0.2) is 23.0 Å². The van der Waals surface area contributed by atoms with E-state index >= 15 is 0 Å². The highest BCUT2D eigenvalue weighted by molar-refractivity contribution is 6.06. The predicted octanol–water partition coefficient (Wildman–Crippen LogP) is 1.80. The van der Waals surface area contributed by atoms with Gasteiger partial charge in [0.2, 0.25) is 0 Å². The van der Waals surface area contributed by atoms with Crippen LogP contribution in [0, 0.1) is 6.92 Å². The Morgan fingerprint density at radius 1 is 1.30 bits per heavy atom. The zero-order valence-electron chi connectivity index (χ0n) is 11.5. The molecule has 2 heterocycles. The fourth-order valence-corrected chi connectivity index (χ4v) is 2.75. The Morgan fingerprint density at radius 2 is 2.05 bits per heavy atom. The van der Waals surface area contributed by atoms with Gasteiger partial charge >= 0.3 is 0 Å². The first-order chi connectivity index (χ1) is 9.52. The molecule has 102 valence electrons. The second-order valence-electron chi connectivity index (χ2n) is 5.24. The second-order valence-corrected chi connectivity index (χ2v) is 5.24. The van der Waals surface area contributed by atoms with E-state index in [1.807, 2.05) is 37.3 Å². The van der Waals surface area contributed by atoms with Crippen LogP contribution in [0.15, 0.2) is 42.6 Å². The van der Waals surface area contributed by atoms with Crippen molar-refractivity contribution in [2.24, 2.45) is 0 Å². The summed E-state index contributed by atoms with van der Waals surface area (Å²) in [6, 6.07) is 11.1. The van der Waals surface area contributed by atoms with Gasteiger partial charge in [-0.15, -0.1) is 0 Å². The number of rotatable bonds is 2. The summed E-state index contributed by atoms with van der Waals surface area (Å²) in [5.74, 6) is -0.304. The number of benzene rings is 1. The number of nitrogens with zero attached hydrogens (tertiary/aromatic N) is 2. The number of hydrogen-bond acceptors (Lipinski definition) is 3. The molecule has 1 aliphatic rings. The Kier molecular flexibility index (Phi) is 2.83. The van der Waals surface area contributed by atoms with Gasteiger partial charge in [0.25, 0.3) is 5.91 Å². The monoisotopic (exact) mass is 268 g/mol. The zero-order chi connectivity index (χ0) is 14.3. The molecule has 1 amide bonds. The van der Waals surface area contributed by atoms with Crippen molar-refractivity contribution < 1.29 is 9.90 Å². The fourth-order valence-electron chi connectivity index (χ4n) is 2.75. The molecule has 1 aromatic heterocycles. The third kappa shape index (κ3) is 1.80. The molecular formula is C16H16N2O2. The number of para-hydroxylation sites is 1. The molecule has 0 unspecified atom stereocenters. The Labute approximate surface area is 117 Å². The fraction of sp³-hybridized carbons (Fsp3) is 0.250. The van der Waals surface area contributed by atoms with Crippen molar-refractivity contribution in [3.05, 3.63) is 59.4 Å². The van der Waals surface area contributed by atoms with Gasteiger partial charge in [0.1, 0.15) is 0 Å². The van der Waals surface area contributed by atoms with Gasteiger partial charge < -0.3 is 10.0 Å². The van der Waals surface area contributed by atoms with Crippen molar-refractivity contribution in [1.82, 2.24) is 4.98 Å². The van der Waals surface area contributed by atoms with Gasteiger partial charge in [0.15, 0.2) is 5.60 Å². The van der Waals surface area contributed by atoms with Gasteiger partial charge in [0.05, 0.1) is 5.69 Å². The van der Waals surface area contributed by atoms with Crippen molar-refractivity contribution >= 4 is 11.6 Å². The van der Waals surface area contributed by atoms with Crippen molar-refractivity contribution in [3.63, 3.8) is 0 Å². The van der Waals surface area contributed by atoms with E-state index in [1.54, 1.807) is 19.3 Å². The quantitative estimate of drug-likeness (QED) is 0.903. The molecular weight excluding hydrogens is 252 g/mol. The maximum Gasteiger partial charge on any atom is 0.263 e. The largest absolute Gasteiger partial charge is 0.375 e. The highest BCUT2D eigenvalue weighted by Gasteiger charge is 2.48. The van der Waals surface area contributed by atoms with E-state index in [4.69, 9.17) is 0 Å². The minimum absolute atomic E-state index is 0.189. The molecule has 0 spiro atoms. The van der Waals surface area contributed by atoms with E-state index in [1.165, 1.54) is 4.90 Å². The van der Waals surface area contributed by atoms with E-state index in [-0.39, 0.29) is 12.3 Å². The number of fused-ring (bicyclic) bond motifs is 1. The summed E-state index contributed by atoms with van der Waals surface area (Å²) in [5.41, 5.74) is 1.66. The number of carbonyl (C=O) groups is 1. The summed E-state index contributed by atoms with van der Waals surface area (Å²) >= 11 is 0. The first-order valence-electron chi connectivity index (χ1n) is 6.54. The maximum atomic E-state index is 12.4. The average Bonchev–Trinajstić information content (AvgIpc) is 2.62. The molecule has 1 aromatic carbocycles. The molecule has 3 rings (SSSR count). The van der Waals surface area contributed by atoms with Crippen LogP contribution in [0.25, 0.3) is 0 Å². The topological polar surface area (TPSA) is 53.4 Å². The lowest BCUT2D eigenvalue weighted by atomic mass is 9.90. The molecule has 2 aromatic rings. The van der Waals surface area contributed by atoms with E-state index in [0.717, 1.165) is 11.3 Å². The number of aromatic nitrogens is 1. The number of pyridine rings is 1. The zero-order valence-corrected chi connectivity index (χ0v) is 11.5. The van der Waals surface area contributed by atoms with Crippen LogP contribution in [-0.2, 0) is 16.8 Å². The second kappa shape index (κ2) is 4.42. The molecule has 0 saturated carbocycles. The molecule has 0 radical (unpaired) electrons. The Hall–Kier alpha value is -2.20. The maximum absolute atomic E-state index is 12.4. The SMILES string of the molecule is Cc1ccnc(C[C@@]2(O)C(=O)N(C)c3ccccc32)c1. The summed E-state index contributed by atoms with van der Waals surface area (Å²) in [6.45, 7) is 1.96. The summed E-state index contributed by atoms with van der Waals surface area (Å²) in [5, 5.41) is 10.9. The lowest BCUT2D eigenvalue weighted by Crippen LogP contribution is -2.40. The first-order valence-corrected chi connectivity index (χ1v) is 6.54. The summed E-state index contributed by atoms with van der Waals surface area (Å²) in [7, 11) is 1.68. The minimum atomic E-state index is -1.52. The Bertz CT molecular complexity index is 684. The van der Waals surface area contributed by atoms with E-state index in [9.17, 15) is 9.90 Å². The van der Waals surface area contributed by atoms with Gasteiger partial charge in [-0.3, -0.25) is 9.78 Å². The van der Waals surface area contributed by atoms with Crippen LogP contribution in [0.1, 0.15) is 16.8 Å². The van der Waals surface area contributed by atoms with Crippen molar-refractivity contribution in [2.75, 3.05) is 11.9 Å². The number of aryl methyl sites for hydroxylation is 1. The summed E-state index contributed by atoms with van der Waals surface area (Å²) in [4.78, 5) is 18.2. The molecule has 0 aliphatic carbocycles. The Balaban J connectivity index is 2.05. The van der Waals surface area contributed by atoms with Crippen molar-refractivity contribution in [3.8, 4) is 0 Å². The molecule has 4 heteroatoms. The number of carbonyl (C=O) groups excluding carboxylic acids is 1. The number of likely N-dealkylation sites (N-methyl/N-ethyl adjacent to an activating group) is 1. The third-order valence-electron chi connectivity index (χ3n) is 3.78. The predicted molar refractivity (Wildman–Crippen MR) is 76.4 cm³/mol. The summed E-state index contributed by atoms with van der Waals surface area (Å²) < 4.78 is 0. The average molecular weight is 268 g/mol. The molecule has 1 N–H and O–H groups in total. The summed E-state index contributed by atoms with van der Waals surface area (Å²) in [6.07, 6.45) is 1.89. The van der Waals surface area contributed by atoms with Crippen LogP contribution < -0.4 is 4.90 Å². The molecule has 0 bridgehead atoms. The number of aliphatic hydroxyl groups is 1. The molecule has 0 fully saturated rings. The molecule has 1 atom stereocenters. The first kappa shape index (κ1) is 12.8. The van der Waals surface area contributed by atoms with Gasteiger partial charge in [-0.1, -0.05) is 18.2 Å². The number of anilines is 1. The van der Waals surface area contributed by atoms with Crippen LogP contribution in [0.4, 0.5) is 5.69 Å². The van der Waals surface area contributed by atoms with Crippen molar-refractivity contribution in [1.29, 1.82) is 0 Å². The van der Waals surface area contributed by atoms with Crippen LogP contribution in [0.5, 0.6) is 0 Å². The highest BCUT2D eigenvalue weighted by atomic mass is 16.3. The lowest BCUT2D eigenvalue weighted by molar-refractivity contribution is -0.135. The van der Waals surface area contributed by atoms with E-state index < -0.39 is 5.60 Å². The van der Waals surface area contributed by atoms with Crippen LogP contribution in [0.3, 0.4) is 0 Å². The normalized spacial score (nSPS) is 21.1. The molecule has 4 nitrogen and oxygen atoms in total. The standard InChI is InChI=1S/C16H16N2O2/c1-11-7-8-17-12(9-11)10-16(20)13-5-3-4-6-14(13)18(2)15(16)19/h3-9,20H,10H2,1-2H3/t16-/m0/s1. The van der Waals surface area contributed by atoms with Gasteiger partial charge in [-0.05, 0) is 30.7 Å². The van der Waals surface area contributed by atoms with Gasteiger partial charge in [-0.2, -0.15) is 0 Å². The van der Waals surface area contributed by atoms with Crippen LogP contribution >= 0.6 is 0 Å².